The molecule has 0 radical (unpaired) electrons. The van der Waals surface area contributed by atoms with Gasteiger partial charge in [0.05, 0.1) is 29.5 Å². The Balaban J connectivity index is 0.000000172. The molecule has 0 bridgehead atoms. The van der Waals surface area contributed by atoms with Crippen LogP contribution in [-0.2, 0) is 13.1 Å². The number of piperidine rings is 2. The molecule has 9 nitrogen and oxygen atoms in total. The summed E-state index contributed by atoms with van der Waals surface area (Å²) in [5, 5.41) is 12.9. The molecule has 10 rings (SSSR count). The van der Waals surface area contributed by atoms with Gasteiger partial charge in [-0.3, -0.25) is 19.4 Å². The lowest BCUT2D eigenvalue weighted by molar-refractivity contribution is -0.0268. The highest BCUT2D eigenvalue weighted by Crippen LogP contribution is 2.27. The summed E-state index contributed by atoms with van der Waals surface area (Å²) in [6.07, 6.45) is 9.52. The van der Waals surface area contributed by atoms with Gasteiger partial charge in [0.2, 0.25) is 0 Å². The lowest BCUT2D eigenvalue weighted by Gasteiger charge is -2.37. The molecule has 0 atom stereocenters. The van der Waals surface area contributed by atoms with E-state index in [9.17, 15) is 14.7 Å². The summed E-state index contributed by atoms with van der Waals surface area (Å²) in [5.41, 5.74) is 7.34. The van der Waals surface area contributed by atoms with Gasteiger partial charge in [-0.25, -0.2) is 9.97 Å². The standard InChI is InChI=1S/C30H27ClN2O3.C28H23ClN2O2/c1-2-30(35)13-15-33(16-14-30)20-26-18-28(34)27-17-21(4-12-29(27)36-26)3-10-25-11-7-23(19-32-25)22-5-8-24(31)9-6-22;29-23-9-6-21(7-10-23)22-8-12-24(30-18-22)11-4-20-5-13-28-26(16-20)27(32)17-25(33-28)19-31-14-2-1-3-15-31/h4-9,11-12,17-19,35H,2,13-16,20H2,1H3;5-10,12-13,16-18H,1-3,14-15,19H2. The van der Waals surface area contributed by atoms with E-state index in [1.165, 1.54) is 19.3 Å². The number of hydrogen-bond donors (Lipinski definition) is 1. The monoisotopic (exact) mass is 952 g/mol. The zero-order chi connectivity index (χ0) is 47.7. The SMILES string of the molecule is CCC1(O)CCN(Cc2cc(=O)c3cc(C#Cc4ccc(-c5ccc(Cl)cc5)cn4)ccc3o2)CC1.O=c1cc(CN2CCCCC2)oc2ccc(C#Cc3ccc(-c4ccc(Cl)cc4)cn3)cc12. The third-order valence-corrected chi connectivity index (χ3v) is 13.3. The molecule has 69 heavy (non-hydrogen) atoms. The van der Waals surface area contributed by atoms with E-state index >= 15 is 0 Å². The second-order valence-corrected chi connectivity index (χ2v) is 18.5. The predicted molar refractivity (Wildman–Crippen MR) is 275 cm³/mol. The number of hydrogen-bond acceptors (Lipinski definition) is 9. The van der Waals surface area contributed by atoms with Crippen molar-refractivity contribution in [1.29, 1.82) is 0 Å². The summed E-state index contributed by atoms with van der Waals surface area (Å²) in [5.74, 6) is 13.7. The summed E-state index contributed by atoms with van der Waals surface area (Å²) in [6, 6.07) is 37.1. The van der Waals surface area contributed by atoms with Crippen LogP contribution in [0.3, 0.4) is 0 Å². The van der Waals surface area contributed by atoms with Crippen LogP contribution in [0.4, 0.5) is 0 Å². The first-order valence-electron chi connectivity index (χ1n) is 23.3. The molecule has 2 aliphatic rings. The maximum atomic E-state index is 12.8. The number of aliphatic hydroxyl groups is 1. The molecule has 0 unspecified atom stereocenters. The van der Waals surface area contributed by atoms with Crippen LogP contribution in [0.1, 0.15) is 79.5 Å². The molecule has 8 aromatic rings. The van der Waals surface area contributed by atoms with Crippen molar-refractivity contribution in [2.45, 2.75) is 64.1 Å². The van der Waals surface area contributed by atoms with E-state index in [-0.39, 0.29) is 10.9 Å². The molecule has 346 valence electrons. The van der Waals surface area contributed by atoms with E-state index < -0.39 is 5.60 Å². The smallest absolute Gasteiger partial charge is 0.193 e. The maximum Gasteiger partial charge on any atom is 0.193 e. The molecule has 2 fully saturated rings. The molecule has 4 aromatic carbocycles. The number of aromatic nitrogens is 2. The topological polar surface area (TPSA) is 113 Å². The Labute approximate surface area is 411 Å². The highest BCUT2D eigenvalue weighted by molar-refractivity contribution is 6.30. The average molecular weight is 954 g/mol. The van der Waals surface area contributed by atoms with Gasteiger partial charge in [-0.05, 0) is 141 Å². The lowest BCUT2D eigenvalue weighted by atomic mass is 9.89. The highest BCUT2D eigenvalue weighted by atomic mass is 35.5. The summed E-state index contributed by atoms with van der Waals surface area (Å²) in [7, 11) is 0. The van der Waals surface area contributed by atoms with Crippen molar-refractivity contribution < 1.29 is 13.9 Å². The zero-order valence-corrected chi connectivity index (χ0v) is 39.8. The molecule has 0 saturated carbocycles. The van der Waals surface area contributed by atoms with Crippen LogP contribution in [0.15, 0.2) is 152 Å². The van der Waals surface area contributed by atoms with Gasteiger partial charge in [0.1, 0.15) is 34.1 Å². The number of benzene rings is 4. The Kier molecular flexibility index (Phi) is 14.8. The minimum Gasteiger partial charge on any atom is -0.459 e. The van der Waals surface area contributed by atoms with Gasteiger partial charge in [-0.15, -0.1) is 0 Å². The Bertz CT molecular complexity index is 3330. The molecule has 2 saturated heterocycles. The maximum absolute atomic E-state index is 12.8. The van der Waals surface area contributed by atoms with Crippen LogP contribution in [0.25, 0.3) is 44.2 Å². The van der Waals surface area contributed by atoms with Crippen LogP contribution in [0, 0.1) is 23.7 Å². The van der Waals surface area contributed by atoms with Crippen LogP contribution in [-0.4, -0.2) is 56.7 Å². The zero-order valence-electron chi connectivity index (χ0n) is 38.3. The average Bonchev–Trinajstić information content (AvgIpc) is 3.37. The van der Waals surface area contributed by atoms with E-state index in [2.05, 4.69) is 43.4 Å². The number of fused-ring (bicyclic) bond motifs is 2. The van der Waals surface area contributed by atoms with Crippen LogP contribution in [0.2, 0.25) is 10.0 Å². The summed E-state index contributed by atoms with van der Waals surface area (Å²) in [4.78, 5) is 39.0. The molecule has 4 aromatic heterocycles. The predicted octanol–water partition coefficient (Wildman–Crippen LogP) is 11.5. The Morgan fingerprint density at radius 2 is 0.986 bits per heavy atom. The molecule has 6 heterocycles. The number of pyridine rings is 2. The first kappa shape index (κ1) is 47.3. The minimum absolute atomic E-state index is 0.0302. The molecule has 11 heteroatoms. The van der Waals surface area contributed by atoms with Crippen molar-refractivity contribution in [3.8, 4) is 45.9 Å². The molecule has 1 N–H and O–H groups in total. The number of rotatable bonds is 7. The first-order chi connectivity index (χ1) is 33.5. The molecular formula is C58H50Cl2N4O5. The van der Waals surface area contributed by atoms with Gasteiger partial charge in [-0.1, -0.05) is 84.8 Å². The Morgan fingerprint density at radius 3 is 1.41 bits per heavy atom. The first-order valence-corrected chi connectivity index (χ1v) is 24.1. The largest absolute Gasteiger partial charge is 0.459 e. The van der Waals surface area contributed by atoms with Gasteiger partial charge < -0.3 is 13.9 Å². The molecular weight excluding hydrogens is 904 g/mol. The van der Waals surface area contributed by atoms with Crippen molar-refractivity contribution in [2.24, 2.45) is 0 Å². The van der Waals surface area contributed by atoms with E-state index in [0.717, 1.165) is 84.6 Å². The fourth-order valence-corrected chi connectivity index (χ4v) is 8.85. The van der Waals surface area contributed by atoms with Crippen molar-refractivity contribution in [1.82, 2.24) is 19.8 Å². The van der Waals surface area contributed by atoms with E-state index in [0.29, 0.717) is 62.2 Å². The fourth-order valence-electron chi connectivity index (χ4n) is 8.60. The fraction of sp³-hybridized carbons (Fsp3) is 0.241. The Hall–Kier alpha value is -6.82. The van der Waals surface area contributed by atoms with Gasteiger partial charge in [-0.2, -0.15) is 0 Å². The van der Waals surface area contributed by atoms with Gasteiger partial charge in [0, 0.05) is 69.9 Å². The number of likely N-dealkylation sites (tertiary alicyclic amines) is 2. The van der Waals surface area contributed by atoms with Gasteiger partial charge in [0.15, 0.2) is 10.9 Å². The number of halogens is 2. The van der Waals surface area contributed by atoms with Gasteiger partial charge in [0.25, 0.3) is 0 Å². The normalized spacial score (nSPS) is 14.8. The third kappa shape index (κ3) is 12.3. The van der Waals surface area contributed by atoms with E-state index in [1.54, 1.807) is 42.7 Å². The number of nitrogens with zero attached hydrogens (tertiary/aromatic N) is 4. The van der Waals surface area contributed by atoms with Crippen molar-refractivity contribution >= 4 is 45.1 Å². The molecule has 2 aliphatic heterocycles. The second kappa shape index (κ2) is 21.6. The van der Waals surface area contributed by atoms with Crippen LogP contribution in [0.5, 0.6) is 0 Å². The molecule has 0 spiro atoms. The van der Waals surface area contributed by atoms with Crippen LogP contribution < -0.4 is 10.9 Å². The van der Waals surface area contributed by atoms with E-state index in [4.69, 9.17) is 32.0 Å². The summed E-state index contributed by atoms with van der Waals surface area (Å²) in [6.45, 7) is 6.96. The molecule has 0 aliphatic carbocycles. The summed E-state index contributed by atoms with van der Waals surface area (Å²) >= 11 is 11.9. The van der Waals surface area contributed by atoms with Crippen molar-refractivity contribution in [3.05, 3.63) is 198 Å². The van der Waals surface area contributed by atoms with E-state index in [1.807, 2.05) is 97.9 Å². The molecule has 0 amide bonds. The lowest BCUT2D eigenvalue weighted by Crippen LogP contribution is -2.43. The highest BCUT2D eigenvalue weighted by Gasteiger charge is 2.30. The Morgan fingerprint density at radius 1 is 0.551 bits per heavy atom. The summed E-state index contributed by atoms with van der Waals surface area (Å²) < 4.78 is 12.0. The van der Waals surface area contributed by atoms with Crippen molar-refractivity contribution in [2.75, 3.05) is 26.2 Å². The second-order valence-electron chi connectivity index (χ2n) is 17.6. The quantitative estimate of drug-likeness (QED) is 0.156. The van der Waals surface area contributed by atoms with Crippen LogP contribution >= 0.6 is 23.2 Å². The van der Waals surface area contributed by atoms with Gasteiger partial charge >= 0.3 is 0 Å². The minimum atomic E-state index is -0.563. The third-order valence-electron chi connectivity index (χ3n) is 12.8. The van der Waals surface area contributed by atoms with Crippen molar-refractivity contribution in [3.63, 3.8) is 0 Å².